The number of hydrogen-bond acceptors (Lipinski definition) is 4. The zero-order valence-electron chi connectivity index (χ0n) is 13.2. The Bertz CT molecular complexity index is 651. The molecule has 1 aliphatic heterocycles. The highest BCUT2D eigenvalue weighted by Gasteiger charge is 2.37. The number of piperidine rings is 1. The van der Waals surface area contributed by atoms with E-state index in [4.69, 9.17) is 0 Å². The van der Waals surface area contributed by atoms with Crippen molar-refractivity contribution in [3.63, 3.8) is 0 Å². The molecule has 24 heavy (non-hydrogen) atoms. The summed E-state index contributed by atoms with van der Waals surface area (Å²) in [6.07, 6.45) is 3.24. The number of rotatable bonds is 4. The second-order valence-electron chi connectivity index (χ2n) is 6.70. The van der Waals surface area contributed by atoms with Crippen LogP contribution >= 0.6 is 0 Å². The standard InChI is InChI=1S/C17H21FN2O4/c18-11-2-4-14(13(7-11)16(21)22)20-12-3-1-9-8-19-15(17(23)24)6-10(9)5-12/h2,4,7,9-10,12,15,19-20H,1,3,5-6,8H2,(H,21,22)(H,23,24). The molecule has 4 N–H and O–H groups in total. The Labute approximate surface area is 139 Å². The first-order valence-electron chi connectivity index (χ1n) is 8.19. The molecule has 2 aliphatic rings. The molecule has 1 aliphatic carbocycles. The summed E-state index contributed by atoms with van der Waals surface area (Å²) in [7, 11) is 0. The van der Waals surface area contributed by atoms with Crippen molar-refractivity contribution in [2.45, 2.75) is 37.8 Å². The lowest BCUT2D eigenvalue weighted by Gasteiger charge is -2.42. The fourth-order valence-corrected chi connectivity index (χ4v) is 3.92. The first-order valence-corrected chi connectivity index (χ1v) is 8.19. The van der Waals surface area contributed by atoms with E-state index in [2.05, 4.69) is 10.6 Å². The third-order valence-electron chi connectivity index (χ3n) is 5.17. The SMILES string of the molecule is O=C(O)c1cc(F)ccc1NC1CCC2CNC(C(=O)O)CC2C1. The van der Waals surface area contributed by atoms with Gasteiger partial charge in [-0.05, 0) is 62.3 Å². The summed E-state index contributed by atoms with van der Waals surface area (Å²) >= 11 is 0. The Balaban J connectivity index is 1.69. The molecule has 1 aromatic carbocycles. The van der Waals surface area contributed by atoms with Crippen LogP contribution in [0.5, 0.6) is 0 Å². The maximum Gasteiger partial charge on any atom is 0.337 e. The van der Waals surface area contributed by atoms with Gasteiger partial charge in [-0.2, -0.15) is 0 Å². The van der Waals surface area contributed by atoms with E-state index >= 15 is 0 Å². The molecule has 4 atom stereocenters. The van der Waals surface area contributed by atoms with E-state index < -0.39 is 23.8 Å². The second kappa shape index (κ2) is 6.76. The van der Waals surface area contributed by atoms with Crippen LogP contribution in [0, 0.1) is 17.7 Å². The molecule has 7 heteroatoms. The van der Waals surface area contributed by atoms with Gasteiger partial charge in [0.15, 0.2) is 0 Å². The van der Waals surface area contributed by atoms with Crippen LogP contribution in [0.2, 0.25) is 0 Å². The van der Waals surface area contributed by atoms with Crippen LogP contribution in [0.1, 0.15) is 36.0 Å². The number of carboxylic acid groups (broad SMARTS) is 2. The van der Waals surface area contributed by atoms with Crippen LogP contribution < -0.4 is 10.6 Å². The highest BCUT2D eigenvalue weighted by molar-refractivity contribution is 5.94. The van der Waals surface area contributed by atoms with E-state index in [0.717, 1.165) is 25.3 Å². The average molecular weight is 336 g/mol. The summed E-state index contributed by atoms with van der Waals surface area (Å²) in [5, 5.41) is 24.7. The monoisotopic (exact) mass is 336 g/mol. The Morgan fingerprint density at radius 2 is 1.96 bits per heavy atom. The van der Waals surface area contributed by atoms with Gasteiger partial charge in [0.1, 0.15) is 11.9 Å². The highest BCUT2D eigenvalue weighted by atomic mass is 19.1. The van der Waals surface area contributed by atoms with E-state index in [-0.39, 0.29) is 11.6 Å². The summed E-state index contributed by atoms with van der Waals surface area (Å²) in [4.78, 5) is 22.5. The van der Waals surface area contributed by atoms with Crippen molar-refractivity contribution in [1.29, 1.82) is 0 Å². The number of hydrogen-bond donors (Lipinski definition) is 4. The van der Waals surface area contributed by atoms with Crippen molar-refractivity contribution >= 4 is 17.6 Å². The third kappa shape index (κ3) is 3.51. The minimum Gasteiger partial charge on any atom is -0.480 e. The molecule has 3 rings (SSSR count). The molecule has 1 saturated heterocycles. The minimum atomic E-state index is -1.17. The number of aromatic carboxylic acids is 1. The number of carboxylic acids is 2. The Morgan fingerprint density at radius 3 is 2.67 bits per heavy atom. The zero-order chi connectivity index (χ0) is 17.3. The highest BCUT2D eigenvalue weighted by Crippen LogP contribution is 2.37. The molecule has 6 nitrogen and oxygen atoms in total. The van der Waals surface area contributed by atoms with E-state index in [1.807, 2.05) is 0 Å². The number of fused-ring (bicyclic) bond motifs is 1. The second-order valence-corrected chi connectivity index (χ2v) is 6.70. The number of anilines is 1. The van der Waals surface area contributed by atoms with Gasteiger partial charge in [0.2, 0.25) is 0 Å². The summed E-state index contributed by atoms with van der Waals surface area (Å²) < 4.78 is 13.3. The largest absolute Gasteiger partial charge is 0.480 e. The molecule has 0 aromatic heterocycles. The summed E-state index contributed by atoms with van der Waals surface area (Å²) in [6, 6.07) is 3.27. The van der Waals surface area contributed by atoms with Crippen LogP contribution in [-0.2, 0) is 4.79 Å². The molecule has 1 saturated carbocycles. The van der Waals surface area contributed by atoms with Crippen LogP contribution in [0.15, 0.2) is 18.2 Å². The molecule has 0 radical (unpaired) electrons. The number of halogens is 1. The molecule has 130 valence electrons. The van der Waals surface area contributed by atoms with Crippen molar-refractivity contribution in [2.75, 3.05) is 11.9 Å². The Kier molecular flexibility index (Phi) is 4.71. The van der Waals surface area contributed by atoms with Gasteiger partial charge in [0.05, 0.1) is 5.56 Å². The zero-order valence-corrected chi connectivity index (χ0v) is 13.2. The van der Waals surface area contributed by atoms with Gasteiger partial charge in [-0.3, -0.25) is 4.79 Å². The Hall–Kier alpha value is -2.15. The molecule has 2 fully saturated rings. The maximum atomic E-state index is 13.3. The quantitative estimate of drug-likeness (QED) is 0.673. The lowest BCUT2D eigenvalue weighted by Crippen LogP contribution is -2.50. The van der Waals surface area contributed by atoms with E-state index in [0.29, 0.717) is 30.5 Å². The predicted molar refractivity (Wildman–Crippen MR) is 85.6 cm³/mol. The van der Waals surface area contributed by atoms with Gasteiger partial charge in [-0.15, -0.1) is 0 Å². The summed E-state index contributed by atoms with van der Waals surface area (Å²) in [5.41, 5.74) is 0.335. The van der Waals surface area contributed by atoms with Crippen molar-refractivity contribution in [3.05, 3.63) is 29.6 Å². The normalized spacial score (nSPS) is 29.5. The van der Waals surface area contributed by atoms with Crippen molar-refractivity contribution in [2.24, 2.45) is 11.8 Å². The molecule has 4 unspecified atom stereocenters. The number of nitrogens with one attached hydrogen (secondary N) is 2. The summed E-state index contributed by atoms with van der Waals surface area (Å²) in [5.74, 6) is -1.81. The van der Waals surface area contributed by atoms with Crippen LogP contribution in [-0.4, -0.2) is 40.8 Å². The number of aliphatic carboxylic acids is 1. The fourth-order valence-electron chi connectivity index (χ4n) is 3.92. The minimum absolute atomic E-state index is 0.0716. The van der Waals surface area contributed by atoms with Crippen molar-refractivity contribution in [1.82, 2.24) is 5.32 Å². The number of carbonyl (C=O) groups is 2. The third-order valence-corrected chi connectivity index (χ3v) is 5.17. The van der Waals surface area contributed by atoms with Crippen LogP contribution in [0.4, 0.5) is 10.1 Å². The van der Waals surface area contributed by atoms with E-state index in [9.17, 15) is 24.2 Å². The molecule has 1 heterocycles. The van der Waals surface area contributed by atoms with E-state index in [1.165, 1.54) is 12.1 Å². The van der Waals surface area contributed by atoms with Crippen LogP contribution in [0.3, 0.4) is 0 Å². The number of benzene rings is 1. The molecule has 1 aromatic rings. The first-order chi connectivity index (χ1) is 11.4. The lowest BCUT2D eigenvalue weighted by molar-refractivity contribution is -0.141. The van der Waals surface area contributed by atoms with Crippen molar-refractivity contribution < 1.29 is 24.2 Å². The molecule has 0 spiro atoms. The lowest BCUT2D eigenvalue weighted by atomic mass is 9.72. The molecular weight excluding hydrogens is 315 g/mol. The van der Waals surface area contributed by atoms with Gasteiger partial charge >= 0.3 is 11.9 Å². The van der Waals surface area contributed by atoms with E-state index in [1.54, 1.807) is 0 Å². The van der Waals surface area contributed by atoms with Gasteiger partial charge < -0.3 is 20.8 Å². The molecule has 0 amide bonds. The average Bonchev–Trinajstić information content (AvgIpc) is 2.55. The first kappa shape index (κ1) is 16.7. The predicted octanol–water partition coefficient (Wildman–Crippen LogP) is 2.17. The van der Waals surface area contributed by atoms with Gasteiger partial charge in [0, 0.05) is 11.7 Å². The van der Waals surface area contributed by atoms with Crippen molar-refractivity contribution in [3.8, 4) is 0 Å². The maximum absolute atomic E-state index is 13.3. The fraction of sp³-hybridized carbons (Fsp3) is 0.529. The summed E-state index contributed by atoms with van der Waals surface area (Å²) in [6.45, 7) is 0.714. The molecular formula is C17H21FN2O4. The van der Waals surface area contributed by atoms with Gasteiger partial charge in [0.25, 0.3) is 0 Å². The Morgan fingerprint density at radius 1 is 1.17 bits per heavy atom. The van der Waals surface area contributed by atoms with Gasteiger partial charge in [-0.1, -0.05) is 0 Å². The van der Waals surface area contributed by atoms with Gasteiger partial charge in [-0.25, -0.2) is 9.18 Å². The topological polar surface area (TPSA) is 98.7 Å². The van der Waals surface area contributed by atoms with Crippen LogP contribution in [0.25, 0.3) is 0 Å². The smallest absolute Gasteiger partial charge is 0.337 e. The molecule has 0 bridgehead atoms.